The minimum atomic E-state index is -0.750. The second kappa shape index (κ2) is 9.75. The van der Waals surface area contributed by atoms with E-state index in [1.807, 2.05) is 0 Å². The van der Waals surface area contributed by atoms with Crippen molar-refractivity contribution in [2.45, 2.75) is 32.3 Å². The van der Waals surface area contributed by atoms with Crippen LogP contribution in [0.1, 0.15) is 24.6 Å². The number of hydrogen-bond acceptors (Lipinski definition) is 7. The van der Waals surface area contributed by atoms with Crippen molar-refractivity contribution in [1.82, 2.24) is 9.55 Å². The Morgan fingerprint density at radius 2 is 2.00 bits per heavy atom. The topological polar surface area (TPSA) is 128 Å². The second-order valence-electron chi connectivity index (χ2n) is 3.74. The van der Waals surface area contributed by atoms with Crippen LogP contribution in [-0.4, -0.2) is 50.2 Å². The highest BCUT2D eigenvalue weighted by atomic mass is 32.1. The number of nitrogens with zero attached hydrogens (tertiary/aromatic N) is 1. The molecule has 0 aromatic carbocycles. The molecule has 0 amide bonds. The van der Waals surface area contributed by atoms with Gasteiger partial charge in [0.25, 0.3) is 5.56 Å². The predicted molar refractivity (Wildman–Crippen MR) is 73.4 cm³/mol. The molecule has 5 N–H and O–H groups in total. The molecule has 1 saturated heterocycles. The first-order chi connectivity index (χ1) is 9.49. The Morgan fingerprint density at radius 3 is 2.45 bits per heavy atom. The number of rotatable bonds is 1. The molecule has 1 fully saturated rings. The van der Waals surface area contributed by atoms with Crippen molar-refractivity contribution in [3.05, 3.63) is 26.9 Å². The maximum Gasteiger partial charge on any atom is 0.254 e. The fourth-order valence-electron chi connectivity index (χ4n) is 1.61. The van der Waals surface area contributed by atoms with Gasteiger partial charge in [0.2, 0.25) is 0 Å². The molecule has 20 heavy (non-hydrogen) atoms. The number of aliphatic hydroxyl groups excluding tert-OH is 3. The number of aryl methyl sites for hydroxylation is 1. The average Bonchev–Trinajstić information content (AvgIpc) is 2.84. The largest absolute Gasteiger partial charge is 0.400 e. The van der Waals surface area contributed by atoms with Crippen LogP contribution < -0.4 is 5.56 Å². The van der Waals surface area contributed by atoms with Crippen molar-refractivity contribution in [3.8, 4) is 0 Å². The molecule has 2 heterocycles. The van der Waals surface area contributed by atoms with E-state index in [2.05, 4.69) is 4.98 Å². The molecule has 2 atom stereocenters. The first-order valence-corrected chi connectivity index (χ1v) is 6.22. The second-order valence-corrected chi connectivity index (χ2v) is 4.13. The number of aromatic nitrogens is 2. The van der Waals surface area contributed by atoms with Gasteiger partial charge in [-0.3, -0.25) is 14.3 Å². The van der Waals surface area contributed by atoms with E-state index in [4.69, 9.17) is 32.3 Å². The minimum absolute atomic E-state index is 0.185. The van der Waals surface area contributed by atoms with Crippen LogP contribution in [0, 0.1) is 11.7 Å². The van der Waals surface area contributed by atoms with Crippen LogP contribution >= 0.6 is 12.2 Å². The quantitative estimate of drug-likeness (QED) is 0.345. The maximum atomic E-state index is 11.2. The van der Waals surface area contributed by atoms with Crippen LogP contribution in [0.4, 0.5) is 0 Å². The van der Waals surface area contributed by atoms with Gasteiger partial charge >= 0.3 is 0 Å². The van der Waals surface area contributed by atoms with Gasteiger partial charge in [0.05, 0.1) is 0 Å². The van der Waals surface area contributed by atoms with Gasteiger partial charge in [-0.1, -0.05) is 0 Å². The van der Waals surface area contributed by atoms with Crippen molar-refractivity contribution in [3.63, 3.8) is 0 Å². The maximum absolute atomic E-state index is 11.2. The lowest BCUT2D eigenvalue weighted by atomic mass is 10.3. The molecule has 0 aliphatic carbocycles. The SMILES string of the molecule is CO.Cc1cn(C2CC[C@@H](O)O2)c(=S)[nH]c1=O.OCO. The lowest BCUT2D eigenvalue weighted by Gasteiger charge is -2.15. The zero-order chi connectivity index (χ0) is 15.7. The summed E-state index contributed by atoms with van der Waals surface area (Å²) in [5, 5.41) is 30.5. The van der Waals surface area contributed by atoms with Gasteiger partial charge in [-0.05, 0) is 25.6 Å². The van der Waals surface area contributed by atoms with Gasteiger partial charge in [-0.2, -0.15) is 0 Å². The van der Waals surface area contributed by atoms with Gasteiger partial charge in [0.1, 0.15) is 13.0 Å². The smallest absolute Gasteiger partial charge is 0.254 e. The third kappa shape index (κ3) is 5.49. The molecule has 1 aromatic heterocycles. The van der Waals surface area contributed by atoms with Crippen LogP contribution in [-0.2, 0) is 4.74 Å². The molecule has 8 nitrogen and oxygen atoms in total. The summed E-state index contributed by atoms with van der Waals surface area (Å²) in [6.07, 6.45) is 1.93. The summed E-state index contributed by atoms with van der Waals surface area (Å²) < 4.78 is 7.25. The molecule has 1 aliphatic heterocycles. The van der Waals surface area contributed by atoms with Crippen molar-refractivity contribution in [2.24, 2.45) is 0 Å². The van der Waals surface area contributed by atoms with E-state index in [1.165, 1.54) is 0 Å². The lowest BCUT2D eigenvalue weighted by molar-refractivity contribution is -0.113. The molecule has 2 rings (SSSR count). The number of hydrogen-bond donors (Lipinski definition) is 5. The van der Waals surface area contributed by atoms with E-state index in [0.717, 1.165) is 7.11 Å². The molecule has 1 aromatic rings. The van der Waals surface area contributed by atoms with Crippen LogP contribution in [0.15, 0.2) is 11.0 Å². The molecular weight excluding hydrogens is 288 g/mol. The Morgan fingerprint density at radius 1 is 1.45 bits per heavy atom. The molecule has 116 valence electrons. The van der Waals surface area contributed by atoms with E-state index < -0.39 is 13.1 Å². The third-order valence-corrected chi connectivity index (χ3v) is 2.74. The zero-order valence-corrected chi connectivity index (χ0v) is 12.1. The van der Waals surface area contributed by atoms with E-state index in [0.29, 0.717) is 23.2 Å². The highest BCUT2D eigenvalue weighted by Crippen LogP contribution is 2.26. The molecule has 0 spiro atoms. The predicted octanol–water partition coefficient (Wildman–Crippen LogP) is -0.621. The van der Waals surface area contributed by atoms with Gasteiger partial charge in [0.15, 0.2) is 11.1 Å². The minimum Gasteiger partial charge on any atom is -0.400 e. The summed E-state index contributed by atoms with van der Waals surface area (Å²) >= 11 is 5.02. The van der Waals surface area contributed by atoms with Crippen LogP contribution in [0.3, 0.4) is 0 Å². The molecule has 0 bridgehead atoms. The van der Waals surface area contributed by atoms with Crippen molar-refractivity contribution < 1.29 is 25.2 Å². The summed E-state index contributed by atoms with van der Waals surface area (Å²) in [7, 11) is 1.00. The first-order valence-electron chi connectivity index (χ1n) is 5.81. The lowest BCUT2D eigenvalue weighted by Crippen LogP contribution is -2.19. The number of H-pyrrole nitrogens is 1. The van der Waals surface area contributed by atoms with Gasteiger partial charge in [-0.25, -0.2) is 0 Å². The monoisotopic (exact) mass is 308 g/mol. The van der Waals surface area contributed by atoms with Crippen molar-refractivity contribution in [1.29, 1.82) is 0 Å². The van der Waals surface area contributed by atoms with Crippen LogP contribution in [0.5, 0.6) is 0 Å². The highest BCUT2D eigenvalue weighted by Gasteiger charge is 2.24. The molecule has 1 unspecified atom stereocenters. The van der Waals surface area contributed by atoms with Crippen LogP contribution in [0.2, 0.25) is 0 Å². The first kappa shape index (κ1) is 18.9. The summed E-state index contributed by atoms with van der Waals surface area (Å²) in [4.78, 5) is 13.8. The Balaban J connectivity index is 0.000000641. The summed E-state index contributed by atoms with van der Waals surface area (Å²) in [6.45, 7) is 0.954. The normalized spacial score (nSPS) is 20.5. The van der Waals surface area contributed by atoms with Crippen molar-refractivity contribution in [2.75, 3.05) is 13.9 Å². The standard InChI is InChI=1S/C9H12N2O3S.CH4O2.CH4O/c1-5-4-11(9(15)10-8(5)13)6-2-3-7(12)14-6;2-1-3;1-2/h4,6-7,12H,2-3H2,1H3,(H,10,13,15);2-3H,1H2;2H,1H3/t6?,7-;;/m0../s1. The molecule has 1 aliphatic rings. The van der Waals surface area contributed by atoms with E-state index in [-0.39, 0.29) is 11.8 Å². The number of aromatic amines is 1. The Hall–Kier alpha value is -1.10. The van der Waals surface area contributed by atoms with E-state index >= 15 is 0 Å². The summed E-state index contributed by atoms with van der Waals surface area (Å²) in [5.74, 6) is 0. The fourth-order valence-corrected chi connectivity index (χ4v) is 1.87. The fraction of sp³-hybridized carbons (Fsp3) is 0.636. The molecule has 9 heteroatoms. The van der Waals surface area contributed by atoms with Crippen LogP contribution in [0.25, 0.3) is 0 Å². The Kier molecular flexibility index (Phi) is 9.21. The van der Waals surface area contributed by atoms with Gasteiger partial charge in [0, 0.05) is 25.3 Å². The third-order valence-electron chi connectivity index (χ3n) is 2.43. The Labute approximate surface area is 120 Å². The number of nitrogens with one attached hydrogen (secondary N) is 1. The van der Waals surface area contributed by atoms with E-state index in [9.17, 15) is 9.90 Å². The molecule has 0 radical (unpaired) electrons. The number of aliphatic hydroxyl groups is 4. The molecular formula is C11H20N2O6S. The number of ether oxygens (including phenoxy) is 1. The summed E-state index contributed by atoms with van der Waals surface area (Å²) in [6, 6.07) is 0. The summed E-state index contributed by atoms with van der Waals surface area (Å²) in [5.41, 5.74) is 0.392. The van der Waals surface area contributed by atoms with E-state index in [1.54, 1.807) is 17.7 Å². The highest BCUT2D eigenvalue weighted by molar-refractivity contribution is 7.71. The van der Waals surface area contributed by atoms with Gasteiger partial charge < -0.3 is 25.2 Å². The molecule has 0 saturated carbocycles. The average molecular weight is 308 g/mol. The van der Waals surface area contributed by atoms with Gasteiger partial charge in [-0.15, -0.1) is 0 Å². The van der Waals surface area contributed by atoms with Crippen molar-refractivity contribution >= 4 is 12.2 Å². The zero-order valence-electron chi connectivity index (χ0n) is 11.3. The Bertz CT molecular complexity index is 500.